The molecule has 0 aliphatic rings. The van der Waals surface area contributed by atoms with Crippen LogP contribution in [0.15, 0.2) is 42.5 Å². The summed E-state index contributed by atoms with van der Waals surface area (Å²) in [6, 6.07) is 13.3. The number of nitrogen functional groups attached to an aromatic ring is 1. The molecule has 0 saturated heterocycles. The monoisotopic (exact) mass is 288 g/mol. The van der Waals surface area contributed by atoms with Crippen LogP contribution in [0.25, 0.3) is 0 Å². The predicted molar refractivity (Wildman–Crippen MR) is 83.1 cm³/mol. The van der Waals surface area contributed by atoms with Gasteiger partial charge < -0.3 is 11.1 Å². The number of rotatable bonds is 4. The summed E-state index contributed by atoms with van der Waals surface area (Å²) in [5.41, 5.74) is 8.95. The first-order valence-electron chi connectivity index (χ1n) is 6.45. The first-order chi connectivity index (χ1) is 9.58. The number of carbonyl (C=O) groups excluding carboxylic acids is 1. The number of carbonyl (C=O) groups is 1. The van der Waals surface area contributed by atoms with Gasteiger partial charge in [0, 0.05) is 6.54 Å². The summed E-state index contributed by atoms with van der Waals surface area (Å²) < 4.78 is 0. The summed E-state index contributed by atoms with van der Waals surface area (Å²) in [5, 5.41) is 3.26. The van der Waals surface area contributed by atoms with Gasteiger partial charge in [-0.25, -0.2) is 0 Å². The Hall–Kier alpha value is -2.00. The standard InChI is InChI=1S/C16H17ClN2O/c1-11-4-2-5-12(10-11)8-9-19-16(20)13-6-3-7-14(17)15(13)18/h2-7,10H,8-9,18H2,1H3,(H,19,20). The smallest absolute Gasteiger partial charge is 0.253 e. The van der Waals surface area contributed by atoms with Gasteiger partial charge in [-0.3, -0.25) is 4.79 Å². The zero-order chi connectivity index (χ0) is 14.5. The number of aryl methyl sites for hydroxylation is 1. The van der Waals surface area contributed by atoms with Crippen molar-refractivity contribution in [1.29, 1.82) is 0 Å². The number of para-hydroxylation sites is 1. The van der Waals surface area contributed by atoms with Crippen molar-refractivity contribution in [2.75, 3.05) is 12.3 Å². The topological polar surface area (TPSA) is 55.1 Å². The van der Waals surface area contributed by atoms with Gasteiger partial charge in [0.2, 0.25) is 0 Å². The Kier molecular flexibility index (Phi) is 4.64. The molecule has 0 aliphatic carbocycles. The van der Waals surface area contributed by atoms with Gasteiger partial charge >= 0.3 is 0 Å². The third kappa shape index (κ3) is 3.52. The highest BCUT2D eigenvalue weighted by Crippen LogP contribution is 2.22. The van der Waals surface area contributed by atoms with E-state index in [9.17, 15) is 4.79 Å². The van der Waals surface area contributed by atoms with Gasteiger partial charge in [-0.05, 0) is 31.0 Å². The van der Waals surface area contributed by atoms with Crippen molar-refractivity contribution in [1.82, 2.24) is 5.32 Å². The Bertz CT molecular complexity index is 626. The van der Waals surface area contributed by atoms with Gasteiger partial charge in [0.25, 0.3) is 5.91 Å². The molecule has 2 aromatic carbocycles. The number of nitrogens with two attached hydrogens (primary N) is 1. The maximum Gasteiger partial charge on any atom is 0.253 e. The Morgan fingerprint density at radius 3 is 2.75 bits per heavy atom. The highest BCUT2D eigenvalue weighted by atomic mass is 35.5. The van der Waals surface area contributed by atoms with Gasteiger partial charge in [0.15, 0.2) is 0 Å². The molecule has 0 saturated carbocycles. The molecule has 0 radical (unpaired) electrons. The molecule has 0 atom stereocenters. The second-order valence-electron chi connectivity index (χ2n) is 4.70. The summed E-state index contributed by atoms with van der Waals surface area (Å²) in [6.45, 7) is 2.61. The third-order valence-corrected chi connectivity index (χ3v) is 3.41. The number of anilines is 1. The van der Waals surface area contributed by atoms with E-state index in [0.717, 1.165) is 6.42 Å². The Morgan fingerprint density at radius 2 is 2.00 bits per heavy atom. The molecule has 2 rings (SSSR count). The summed E-state index contributed by atoms with van der Waals surface area (Å²) >= 11 is 5.90. The minimum Gasteiger partial charge on any atom is -0.397 e. The fourth-order valence-corrected chi connectivity index (χ4v) is 2.19. The Balaban J connectivity index is 1.94. The minimum absolute atomic E-state index is 0.197. The van der Waals surface area contributed by atoms with Crippen LogP contribution in [-0.2, 0) is 6.42 Å². The molecule has 4 heteroatoms. The van der Waals surface area contributed by atoms with Crippen LogP contribution in [0.5, 0.6) is 0 Å². The number of benzene rings is 2. The molecule has 0 spiro atoms. The van der Waals surface area contributed by atoms with E-state index in [1.54, 1.807) is 18.2 Å². The molecule has 0 aliphatic heterocycles. The van der Waals surface area contributed by atoms with E-state index >= 15 is 0 Å². The fourth-order valence-electron chi connectivity index (χ4n) is 2.02. The highest BCUT2D eigenvalue weighted by Gasteiger charge is 2.10. The second-order valence-corrected chi connectivity index (χ2v) is 5.10. The molecule has 0 fully saturated rings. The van der Waals surface area contributed by atoms with Crippen molar-refractivity contribution < 1.29 is 4.79 Å². The molecule has 0 heterocycles. The number of nitrogens with one attached hydrogen (secondary N) is 1. The molecule has 104 valence electrons. The minimum atomic E-state index is -0.197. The van der Waals surface area contributed by atoms with Crippen LogP contribution in [0, 0.1) is 6.92 Å². The molecule has 0 unspecified atom stereocenters. The van der Waals surface area contributed by atoms with Crippen LogP contribution in [0.2, 0.25) is 5.02 Å². The Morgan fingerprint density at radius 1 is 1.25 bits per heavy atom. The van der Waals surface area contributed by atoms with Gasteiger partial charge in [0.05, 0.1) is 16.3 Å². The van der Waals surface area contributed by atoms with Crippen molar-refractivity contribution in [3.05, 3.63) is 64.2 Å². The van der Waals surface area contributed by atoms with Crippen molar-refractivity contribution in [3.63, 3.8) is 0 Å². The Labute approximate surface area is 123 Å². The lowest BCUT2D eigenvalue weighted by Crippen LogP contribution is -2.26. The molecular formula is C16H17ClN2O. The normalized spacial score (nSPS) is 10.3. The average molecular weight is 289 g/mol. The van der Waals surface area contributed by atoms with Gasteiger partial charge in [-0.1, -0.05) is 47.5 Å². The molecule has 20 heavy (non-hydrogen) atoms. The maximum atomic E-state index is 12.0. The first kappa shape index (κ1) is 14.4. The summed E-state index contributed by atoms with van der Waals surface area (Å²) in [7, 11) is 0. The molecule has 1 amide bonds. The zero-order valence-corrected chi connectivity index (χ0v) is 12.1. The van der Waals surface area contributed by atoms with Crippen LogP contribution in [-0.4, -0.2) is 12.5 Å². The van der Waals surface area contributed by atoms with E-state index < -0.39 is 0 Å². The van der Waals surface area contributed by atoms with Crippen LogP contribution >= 0.6 is 11.6 Å². The van der Waals surface area contributed by atoms with Crippen LogP contribution in [0.1, 0.15) is 21.5 Å². The van der Waals surface area contributed by atoms with Crippen LogP contribution in [0.4, 0.5) is 5.69 Å². The predicted octanol–water partition coefficient (Wildman–Crippen LogP) is 3.20. The van der Waals surface area contributed by atoms with Crippen molar-refractivity contribution >= 4 is 23.2 Å². The van der Waals surface area contributed by atoms with E-state index in [1.165, 1.54) is 11.1 Å². The summed E-state index contributed by atoms with van der Waals surface area (Å²) in [5.74, 6) is -0.197. The first-order valence-corrected chi connectivity index (χ1v) is 6.83. The van der Waals surface area contributed by atoms with Crippen molar-refractivity contribution in [2.24, 2.45) is 0 Å². The average Bonchev–Trinajstić information content (AvgIpc) is 2.42. The van der Waals surface area contributed by atoms with Crippen LogP contribution in [0.3, 0.4) is 0 Å². The summed E-state index contributed by atoms with van der Waals surface area (Å²) in [4.78, 5) is 12.0. The SMILES string of the molecule is Cc1cccc(CCNC(=O)c2cccc(Cl)c2N)c1. The second kappa shape index (κ2) is 6.44. The van der Waals surface area contributed by atoms with Crippen molar-refractivity contribution in [2.45, 2.75) is 13.3 Å². The molecule has 2 aromatic rings. The highest BCUT2D eigenvalue weighted by molar-refractivity contribution is 6.33. The molecular weight excluding hydrogens is 272 g/mol. The van der Waals surface area contributed by atoms with E-state index in [-0.39, 0.29) is 5.91 Å². The van der Waals surface area contributed by atoms with E-state index in [4.69, 9.17) is 17.3 Å². The lowest BCUT2D eigenvalue weighted by Gasteiger charge is -2.08. The van der Waals surface area contributed by atoms with Gasteiger partial charge in [0.1, 0.15) is 0 Å². The zero-order valence-electron chi connectivity index (χ0n) is 11.3. The summed E-state index contributed by atoms with van der Waals surface area (Å²) in [6.07, 6.45) is 0.786. The van der Waals surface area contributed by atoms with Gasteiger partial charge in [-0.2, -0.15) is 0 Å². The molecule has 0 aromatic heterocycles. The molecule has 3 nitrogen and oxygen atoms in total. The number of hydrogen-bond donors (Lipinski definition) is 2. The van der Waals surface area contributed by atoms with E-state index in [0.29, 0.717) is 22.8 Å². The third-order valence-electron chi connectivity index (χ3n) is 3.08. The van der Waals surface area contributed by atoms with Gasteiger partial charge in [-0.15, -0.1) is 0 Å². The maximum absolute atomic E-state index is 12.0. The number of amides is 1. The molecule has 0 bridgehead atoms. The lowest BCUT2D eigenvalue weighted by molar-refractivity contribution is 0.0955. The van der Waals surface area contributed by atoms with E-state index in [1.807, 2.05) is 12.1 Å². The largest absolute Gasteiger partial charge is 0.397 e. The van der Waals surface area contributed by atoms with Crippen molar-refractivity contribution in [3.8, 4) is 0 Å². The molecule has 3 N–H and O–H groups in total. The van der Waals surface area contributed by atoms with E-state index in [2.05, 4.69) is 24.4 Å². The quantitative estimate of drug-likeness (QED) is 0.849. The number of halogens is 1. The lowest BCUT2D eigenvalue weighted by atomic mass is 10.1. The van der Waals surface area contributed by atoms with Crippen LogP contribution < -0.4 is 11.1 Å². The fraction of sp³-hybridized carbons (Fsp3) is 0.188. The number of hydrogen-bond acceptors (Lipinski definition) is 2.